The molecule has 2 aliphatic heterocycles. The van der Waals surface area contributed by atoms with Crippen LogP contribution < -0.4 is 20.1 Å². The molecule has 5 rings (SSSR count). The molecule has 0 spiro atoms. The molecule has 1 amide bonds. The first-order valence-corrected chi connectivity index (χ1v) is 11.1. The normalized spacial score (nSPS) is 15.3. The van der Waals surface area contributed by atoms with E-state index in [-0.39, 0.29) is 17.2 Å². The van der Waals surface area contributed by atoms with Crippen LogP contribution >= 0.6 is 0 Å². The maximum absolute atomic E-state index is 13.2. The highest BCUT2D eigenvalue weighted by Crippen LogP contribution is 2.28. The molecular formula is C24H23N7O3. The third-order valence-corrected chi connectivity index (χ3v) is 6.06. The molecule has 1 fully saturated rings. The van der Waals surface area contributed by atoms with Crippen molar-refractivity contribution in [3.63, 3.8) is 0 Å². The van der Waals surface area contributed by atoms with Crippen molar-refractivity contribution in [1.82, 2.24) is 20.1 Å². The highest BCUT2D eigenvalue weighted by atomic mass is 16.5. The SMILES string of the molecule is N#Cc1ccc(N2CCN(C(=O)c3cccc(CN4CCOc5c4cn[nH]c5=O)c3)CC2)nc1. The fourth-order valence-corrected chi connectivity index (χ4v) is 4.27. The Morgan fingerprint density at radius 2 is 1.97 bits per heavy atom. The Labute approximate surface area is 196 Å². The molecule has 3 aromatic rings. The lowest BCUT2D eigenvalue weighted by atomic mass is 10.1. The van der Waals surface area contributed by atoms with E-state index in [0.29, 0.717) is 62.7 Å². The summed E-state index contributed by atoms with van der Waals surface area (Å²) < 4.78 is 5.51. The molecule has 1 aromatic carbocycles. The number of carbonyl (C=O) groups is 1. The number of hydrogen-bond donors (Lipinski definition) is 1. The second-order valence-corrected chi connectivity index (χ2v) is 8.18. The van der Waals surface area contributed by atoms with Crippen molar-refractivity contribution >= 4 is 17.4 Å². The molecule has 0 aliphatic carbocycles. The van der Waals surface area contributed by atoms with Gasteiger partial charge in [-0.15, -0.1) is 0 Å². The van der Waals surface area contributed by atoms with Gasteiger partial charge >= 0.3 is 5.56 Å². The minimum absolute atomic E-state index is 0.00484. The number of piperazine rings is 1. The van der Waals surface area contributed by atoms with E-state index in [4.69, 9.17) is 10.00 Å². The summed E-state index contributed by atoms with van der Waals surface area (Å²) in [6, 6.07) is 13.3. The van der Waals surface area contributed by atoms with E-state index in [1.54, 1.807) is 18.5 Å². The topological polar surface area (TPSA) is 118 Å². The fourth-order valence-electron chi connectivity index (χ4n) is 4.27. The van der Waals surface area contributed by atoms with Crippen LogP contribution in [0.25, 0.3) is 0 Å². The van der Waals surface area contributed by atoms with Crippen molar-refractivity contribution in [2.75, 3.05) is 49.1 Å². The molecule has 34 heavy (non-hydrogen) atoms. The number of fused-ring (bicyclic) bond motifs is 1. The predicted octanol–water partition coefficient (Wildman–Crippen LogP) is 1.40. The van der Waals surface area contributed by atoms with Gasteiger partial charge in [-0.1, -0.05) is 12.1 Å². The maximum Gasteiger partial charge on any atom is 0.308 e. The molecule has 10 nitrogen and oxygen atoms in total. The number of nitrogens with zero attached hydrogens (tertiary/aromatic N) is 6. The molecule has 1 N–H and O–H groups in total. The number of anilines is 2. The summed E-state index contributed by atoms with van der Waals surface area (Å²) in [6.07, 6.45) is 3.16. The third kappa shape index (κ3) is 4.28. The molecule has 2 aromatic heterocycles. The van der Waals surface area contributed by atoms with Gasteiger partial charge in [-0.05, 0) is 29.8 Å². The molecule has 4 heterocycles. The second-order valence-electron chi connectivity index (χ2n) is 8.18. The number of aromatic nitrogens is 3. The van der Waals surface area contributed by atoms with Gasteiger partial charge in [0.1, 0.15) is 24.2 Å². The smallest absolute Gasteiger partial charge is 0.308 e. The average molecular weight is 457 g/mol. The first-order chi connectivity index (χ1) is 16.6. The van der Waals surface area contributed by atoms with Crippen LogP contribution in [0.1, 0.15) is 21.5 Å². The monoisotopic (exact) mass is 457 g/mol. The summed E-state index contributed by atoms with van der Waals surface area (Å²) in [5, 5.41) is 15.2. The van der Waals surface area contributed by atoms with Crippen LogP contribution in [0.4, 0.5) is 11.5 Å². The molecule has 2 aliphatic rings. The molecule has 172 valence electrons. The lowest BCUT2D eigenvalue weighted by Crippen LogP contribution is -2.49. The number of hydrogen-bond acceptors (Lipinski definition) is 8. The van der Waals surface area contributed by atoms with Crippen molar-refractivity contribution in [3.8, 4) is 11.8 Å². The number of nitrogens with one attached hydrogen (secondary N) is 1. The van der Waals surface area contributed by atoms with E-state index >= 15 is 0 Å². The average Bonchev–Trinajstić information content (AvgIpc) is 2.89. The van der Waals surface area contributed by atoms with Gasteiger partial charge in [-0.2, -0.15) is 10.4 Å². The minimum atomic E-state index is -0.346. The molecule has 0 atom stereocenters. The first kappa shape index (κ1) is 21.5. The van der Waals surface area contributed by atoms with Gasteiger partial charge in [0, 0.05) is 44.5 Å². The molecule has 1 saturated heterocycles. The zero-order chi connectivity index (χ0) is 23.5. The Kier molecular flexibility index (Phi) is 5.82. The lowest BCUT2D eigenvalue weighted by molar-refractivity contribution is 0.0746. The predicted molar refractivity (Wildman–Crippen MR) is 125 cm³/mol. The van der Waals surface area contributed by atoms with Crippen molar-refractivity contribution in [1.29, 1.82) is 5.26 Å². The van der Waals surface area contributed by atoms with Crippen LogP contribution in [0.15, 0.2) is 53.6 Å². The number of nitriles is 1. The number of pyridine rings is 1. The minimum Gasteiger partial charge on any atom is -0.484 e. The summed E-state index contributed by atoms with van der Waals surface area (Å²) in [5.74, 6) is 1.09. The number of H-pyrrole nitrogens is 1. The van der Waals surface area contributed by atoms with Gasteiger partial charge in [-0.25, -0.2) is 10.1 Å². The molecule has 0 radical (unpaired) electrons. The molecule has 10 heteroatoms. The number of aromatic amines is 1. The van der Waals surface area contributed by atoms with Gasteiger partial charge in [0.25, 0.3) is 5.91 Å². The summed E-state index contributed by atoms with van der Waals surface area (Å²) >= 11 is 0. The van der Waals surface area contributed by atoms with E-state index < -0.39 is 0 Å². The second kappa shape index (κ2) is 9.23. The zero-order valence-electron chi connectivity index (χ0n) is 18.5. The molecule has 0 bridgehead atoms. The Morgan fingerprint density at radius 3 is 2.74 bits per heavy atom. The van der Waals surface area contributed by atoms with Crippen LogP contribution in [-0.2, 0) is 6.54 Å². The number of benzene rings is 1. The van der Waals surface area contributed by atoms with E-state index in [0.717, 1.165) is 11.4 Å². The number of ether oxygens (including phenoxy) is 1. The number of carbonyl (C=O) groups excluding carboxylic acids is 1. The van der Waals surface area contributed by atoms with Crippen LogP contribution in [0, 0.1) is 11.3 Å². The van der Waals surface area contributed by atoms with Gasteiger partial charge in [0.05, 0.1) is 18.3 Å². The lowest BCUT2D eigenvalue weighted by Gasteiger charge is -2.35. The van der Waals surface area contributed by atoms with Crippen LogP contribution in [0.2, 0.25) is 0 Å². The van der Waals surface area contributed by atoms with Gasteiger partial charge in [0.2, 0.25) is 5.75 Å². The fraction of sp³-hybridized carbons (Fsp3) is 0.292. The van der Waals surface area contributed by atoms with Crippen LogP contribution in [0.5, 0.6) is 5.75 Å². The van der Waals surface area contributed by atoms with E-state index in [1.165, 1.54) is 0 Å². The number of rotatable bonds is 4. The van der Waals surface area contributed by atoms with Gasteiger partial charge in [0.15, 0.2) is 0 Å². The van der Waals surface area contributed by atoms with Gasteiger partial charge in [-0.3, -0.25) is 9.59 Å². The Morgan fingerprint density at radius 1 is 1.12 bits per heavy atom. The third-order valence-electron chi connectivity index (χ3n) is 6.06. The van der Waals surface area contributed by atoms with Gasteiger partial charge < -0.3 is 19.4 Å². The number of amides is 1. The Bertz CT molecular complexity index is 1290. The van der Waals surface area contributed by atoms with Crippen LogP contribution in [-0.4, -0.2) is 65.3 Å². The maximum atomic E-state index is 13.2. The Balaban J connectivity index is 1.24. The quantitative estimate of drug-likeness (QED) is 0.625. The van der Waals surface area contributed by atoms with Crippen molar-refractivity contribution in [2.45, 2.75) is 6.54 Å². The van der Waals surface area contributed by atoms with Crippen molar-refractivity contribution in [3.05, 3.63) is 75.8 Å². The zero-order valence-corrected chi connectivity index (χ0v) is 18.5. The van der Waals surface area contributed by atoms with Crippen molar-refractivity contribution in [2.24, 2.45) is 0 Å². The summed E-state index contributed by atoms with van der Waals surface area (Å²) in [4.78, 5) is 35.5. The van der Waals surface area contributed by atoms with Crippen LogP contribution in [0.3, 0.4) is 0 Å². The highest BCUT2D eigenvalue weighted by Gasteiger charge is 2.24. The Hall–Kier alpha value is -4.39. The molecular weight excluding hydrogens is 434 g/mol. The van der Waals surface area contributed by atoms with E-state index in [9.17, 15) is 9.59 Å². The van der Waals surface area contributed by atoms with E-state index in [1.807, 2.05) is 40.1 Å². The molecule has 0 saturated carbocycles. The summed E-state index contributed by atoms with van der Waals surface area (Å²) in [6.45, 7) is 4.12. The standard InChI is InChI=1S/C24H23N7O3/c25-13-18-4-5-21(26-14-18)29-6-8-30(9-7-29)24(33)19-3-1-2-17(12-19)16-31-10-11-34-22-20(31)15-27-28-23(22)32/h1-5,12,14-15H,6-11,16H2,(H,28,32). The largest absolute Gasteiger partial charge is 0.484 e. The van der Waals surface area contributed by atoms with E-state index in [2.05, 4.69) is 26.2 Å². The summed E-state index contributed by atoms with van der Waals surface area (Å²) in [5.41, 5.74) is 2.45. The van der Waals surface area contributed by atoms with Crippen molar-refractivity contribution < 1.29 is 9.53 Å². The molecule has 0 unspecified atom stereocenters. The summed E-state index contributed by atoms with van der Waals surface area (Å²) in [7, 11) is 0. The highest BCUT2D eigenvalue weighted by molar-refractivity contribution is 5.94. The first-order valence-electron chi connectivity index (χ1n) is 11.1.